The molecule has 0 fully saturated rings. The Morgan fingerprint density at radius 3 is 2.90 bits per heavy atom. The number of aryl methyl sites for hydroxylation is 1. The van der Waals surface area contributed by atoms with Gasteiger partial charge in [0.05, 0.1) is 18.9 Å². The van der Waals surface area contributed by atoms with E-state index in [9.17, 15) is 0 Å². The Hall–Kier alpha value is -2.43. The van der Waals surface area contributed by atoms with Crippen LogP contribution in [0, 0.1) is 0 Å². The molecule has 0 aliphatic rings. The Bertz CT molecular complexity index is 731. The van der Waals surface area contributed by atoms with Crippen LogP contribution in [0.3, 0.4) is 0 Å². The maximum atomic E-state index is 6.10. The van der Waals surface area contributed by atoms with Crippen molar-refractivity contribution in [1.82, 2.24) is 9.55 Å². The first-order valence-corrected chi connectivity index (χ1v) is 7.03. The van der Waals surface area contributed by atoms with E-state index in [4.69, 9.17) is 14.9 Å². The van der Waals surface area contributed by atoms with Crippen molar-refractivity contribution in [2.75, 3.05) is 12.8 Å². The number of rotatable bonds is 5. The molecule has 0 bridgehead atoms. The van der Waals surface area contributed by atoms with Gasteiger partial charge in [0.2, 0.25) is 5.95 Å². The van der Waals surface area contributed by atoms with Crippen LogP contribution >= 0.6 is 0 Å². The Kier molecular flexibility index (Phi) is 3.56. The van der Waals surface area contributed by atoms with Gasteiger partial charge in [-0.1, -0.05) is 6.07 Å². The highest BCUT2D eigenvalue weighted by Crippen LogP contribution is 2.30. The summed E-state index contributed by atoms with van der Waals surface area (Å²) < 4.78 is 12.8. The summed E-state index contributed by atoms with van der Waals surface area (Å²) in [4.78, 5) is 4.44. The summed E-state index contributed by atoms with van der Waals surface area (Å²) in [5.74, 6) is 2.25. The number of furan rings is 1. The number of fused-ring (bicyclic) bond motifs is 1. The zero-order valence-electron chi connectivity index (χ0n) is 12.2. The van der Waals surface area contributed by atoms with Gasteiger partial charge < -0.3 is 19.5 Å². The molecule has 0 saturated heterocycles. The number of aromatic nitrogens is 2. The van der Waals surface area contributed by atoms with Gasteiger partial charge in [0.15, 0.2) is 0 Å². The van der Waals surface area contributed by atoms with Crippen molar-refractivity contribution in [3.8, 4) is 5.75 Å². The molecule has 0 aliphatic heterocycles. The van der Waals surface area contributed by atoms with E-state index in [1.54, 1.807) is 13.4 Å². The lowest BCUT2D eigenvalue weighted by molar-refractivity contribution is 0.419. The average Bonchev–Trinajstić information content (AvgIpc) is 3.10. The summed E-state index contributed by atoms with van der Waals surface area (Å²) in [6.45, 7) is 2.14. The average molecular weight is 285 g/mol. The fraction of sp³-hybridized carbons (Fsp3) is 0.312. The SMILES string of the molecule is COc1cccc2c1nc(N)n2C(C)CCc1ccco1. The molecule has 0 spiro atoms. The minimum absolute atomic E-state index is 0.229. The minimum atomic E-state index is 0.229. The number of ether oxygens (including phenoxy) is 1. The molecule has 5 heteroatoms. The van der Waals surface area contributed by atoms with Crippen molar-refractivity contribution in [3.63, 3.8) is 0 Å². The van der Waals surface area contributed by atoms with Crippen LogP contribution in [0.2, 0.25) is 0 Å². The van der Waals surface area contributed by atoms with Gasteiger partial charge in [0.25, 0.3) is 0 Å². The number of hydrogen-bond acceptors (Lipinski definition) is 4. The van der Waals surface area contributed by atoms with Crippen LogP contribution in [0.5, 0.6) is 5.75 Å². The van der Waals surface area contributed by atoms with E-state index in [-0.39, 0.29) is 6.04 Å². The third kappa shape index (κ3) is 2.46. The molecular weight excluding hydrogens is 266 g/mol. The fourth-order valence-corrected chi connectivity index (χ4v) is 2.67. The van der Waals surface area contributed by atoms with Crippen molar-refractivity contribution < 1.29 is 9.15 Å². The molecule has 1 aromatic carbocycles. The van der Waals surface area contributed by atoms with Crippen LogP contribution < -0.4 is 10.5 Å². The molecule has 0 saturated carbocycles. The van der Waals surface area contributed by atoms with E-state index >= 15 is 0 Å². The van der Waals surface area contributed by atoms with E-state index in [2.05, 4.69) is 16.5 Å². The Morgan fingerprint density at radius 2 is 2.19 bits per heavy atom. The van der Waals surface area contributed by atoms with Crippen LogP contribution in [-0.4, -0.2) is 16.7 Å². The highest BCUT2D eigenvalue weighted by molar-refractivity contribution is 5.84. The molecule has 2 N–H and O–H groups in total. The maximum absolute atomic E-state index is 6.10. The van der Waals surface area contributed by atoms with Gasteiger partial charge in [-0.15, -0.1) is 0 Å². The molecule has 2 aromatic heterocycles. The number of para-hydroxylation sites is 1. The second kappa shape index (κ2) is 5.52. The van der Waals surface area contributed by atoms with Gasteiger partial charge in [-0.05, 0) is 37.6 Å². The molecule has 5 nitrogen and oxygen atoms in total. The summed E-state index contributed by atoms with van der Waals surface area (Å²) >= 11 is 0. The maximum Gasteiger partial charge on any atom is 0.201 e. The second-order valence-corrected chi connectivity index (χ2v) is 5.14. The van der Waals surface area contributed by atoms with Crippen molar-refractivity contribution in [2.45, 2.75) is 25.8 Å². The molecule has 0 radical (unpaired) electrons. The molecule has 0 aliphatic carbocycles. The molecule has 2 heterocycles. The zero-order chi connectivity index (χ0) is 14.8. The molecule has 3 aromatic rings. The van der Waals surface area contributed by atoms with Gasteiger partial charge in [-0.2, -0.15) is 0 Å². The van der Waals surface area contributed by atoms with Gasteiger partial charge in [0, 0.05) is 12.5 Å². The van der Waals surface area contributed by atoms with Gasteiger partial charge in [-0.25, -0.2) is 4.98 Å². The van der Waals surface area contributed by atoms with Gasteiger partial charge >= 0.3 is 0 Å². The molecule has 0 amide bonds. The lowest BCUT2D eigenvalue weighted by Gasteiger charge is -2.15. The van der Waals surface area contributed by atoms with Crippen LogP contribution in [0.1, 0.15) is 25.1 Å². The summed E-state index contributed by atoms with van der Waals surface area (Å²) in [7, 11) is 1.64. The molecular formula is C16H19N3O2. The molecule has 110 valence electrons. The van der Waals surface area contributed by atoms with E-state index in [0.717, 1.165) is 35.4 Å². The zero-order valence-corrected chi connectivity index (χ0v) is 12.2. The Morgan fingerprint density at radius 1 is 1.33 bits per heavy atom. The number of hydrogen-bond donors (Lipinski definition) is 1. The molecule has 1 atom stereocenters. The van der Waals surface area contributed by atoms with Gasteiger partial charge in [-0.3, -0.25) is 0 Å². The van der Waals surface area contributed by atoms with Gasteiger partial charge in [0.1, 0.15) is 17.0 Å². The minimum Gasteiger partial charge on any atom is -0.494 e. The predicted molar refractivity (Wildman–Crippen MR) is 82.4 cm³/mol. The first-order chi connectivity index (χ1) is 10.2. The van der Waals surface area contributed by atoms with E-state index in [1.807, 2.05) is 30.3 Å². The largest absolute Gasteiger partial charge is 0.494 e. The van der Waals surface area contributed by atoms with Crippen LogP contribution in [-0.2, 0) is 6.42 Å². The van der Waals surface area contributed by atoms with Crippen LogP contribution in [0.4, 0.5) is 5.95 Å². The number of nitrogens with zero attached hydrogens (tertiary/aromatic N) is 2. The third-order valence-corrected chi connectivity index (χ3v) is 3.76. The van der Waals surface area contributed by atoms with E-state index in [1.165, 1.54) is 0 Å². The normalized spacial score (nSPS) is 12.7. The summed E-state index contributed by atoms with van der Waals surface area (Å²) in [6, 6.07) is 10.00. The van der Waals surface area contributed by atoms with Crippen molar-refractivity contribution >= 4 is 17.0 Å². The highest BCUT2D eigenvalue weighted by atomic mass is 16.5. The molecule has 3 rings (SSSR count). The molecule has 21 heavy (non-hydrogen) atoms. The van der Waals surface area contributed by atoms with E-state index in [0.29, 0.717) is 5.95 Å². The second-order valence-electron chi connectivity index (χ2n) is 5.14. The number of nitrogens with two attached hydrogens (primary N) is 1. The first-order valence-electron chi connectivity index (χ1n) is 7.03. The molecule has 1 unspecified atom stereocenters. The number of imidazole rings is 1. The lowest BCUT2D eigenvalue weighted by atomic mass is 10.1. The summed E-state index contributed by atoms with van der Waals surface area (Å²) in [6.07, 6.45) is 3.50. The van der Waals surface area contributed by atoms with Crippen LogP contribution in [0.15, 0.2) is 41.0 Å². The van der Waals surface area contributed by atoms with Crippen LogP contribution in [0.25, 0.3) is 11.0 Å². The fourth-order valence-electron chi connectivity index (χ4n) is 2.67. The number of nitrogen functional groups attached to an aromatic ring is 1. The topological polar surface area (TPSA) is 66.2 Å². The standard InChI is InChI=1S/C16H19N3O2/c1-11(8-9-12-5-4-10-21-12)19-13-6-3-7-14(20-2)15(13)18-16(19)17/h3-7,10-11H,8-9H2,1-2H3,(H2,17,18). The number of methoxy groups -OCH3 is 1. The third-order valence-electron chi connectivity index (χ3n) is 3.76. The number of anilines is 1. The number of benzene rings is 1. The smallest absolute Gasteiger partial charge is 0.201 e. The first kappa shape index (κ1) is 13.5. The van der Waals surface area contributed by atoms with Crippen molar-refractivity contribution in [3.05, 3.63) is 42.4 Å². The summed E-state index contributed by atoms with van der Waals surface area (Å²) in [5.41, 5.74) is 7.91. The predicted octanol–water partition coefficient (Wildman–Crippen LogP) is 3.41. The van der Waals surface area contributed by atoms with Crippen molar-refractivity contribution in [1.29, 1.82) is 0 Å². The Labute approximate surface area is 123 Å². The Balaban J connectivity index is 1.90. The summed E-state index contributed by atoms with van der Waals surface area (Å²) in [5, 5.41) is 0. The monoisotopic (exact) mass is 285 g/mol. The van der Waals surface area contributed by atoms with E-state index < -0.39 is 0 Å². The van der Waals surface area contributed by atoms with Crippen molar-refractivity contribution in [2.24, 2.45) is 0 Å². The highest BCUT2D eigenvalue weighted by Gasteiger charge is 2.16. The lowest BCUT2D eigenvalue weighted by Crippen LogP contribution is -2.09. The quantitative estimate of drug-likeness (QED) is 0.780.